The third-order valence-electron chi connectivity index (χ3n) is 3.34. The molecule has 0 aliphatic carbocycles. The van der Waals surface area contributed by atoms with Gasteiger partial charge in [0.15, 0.2) is 5.78 Å². The van der Waals surface area contributed by atoms with Crippen LogP contribution in [0, 0.1) is 0 Å². The molecule has 2 aromatic rings. The zero-order chi connectivity index (χ0) is 16.7. The minimum atomic E-state index is -0.0472. The van der Waals surface area contributed by atoms with E-state index in [2.05, 4.69) is 5.32 Å². The smallest absolute Gasteiger partial charge is 0.220 e. The van der Waals surface area contributed by atoms with Crippen LogP contribution in [-0.2, 0) is 11.2 Å². The first-order chi connectivity index (χ1) is 11.1. The largest absolute Gasteiger partial charge is 0.356 e. The monoisotopic (exact) mass is 369 g/mol. The van der Waals surface area contributed by atoms with Crippen molar-refractivity contribution < 1.29 is 9.59 Å². The Bertz CT molecular complexity index is 671. The second-order valence-electron chi connectivity index (χ2n) is 5.09. The summed E-state index contributed by atoms with van der Waals surface area (Å²) in [5.74, 6) is 0.0508. The van der Waals surface area contributed by atoms with Crippen LogP contribution in [0.1, 0.15) is 34.5 Å². The van der Waals surface area contributed by atoms with Crippen LogP contribution in [0.15, 0.2) is 35.7 Å². The topological polar surface area (TPSA) is 46.2 Å². The van der Waals surface area contributed by atoms with E-state index in [4.69, 9.17) is 23.2 Å². The molecule has 2 rings (SSSR count). The molecule has 1 aromatic carbocycles. The molecule has 0 atom stereocenters. The zero-order valence-corrected chi connectivity index (χ0v) is 14.8. The maximum absolute atomic E-state index is 11.8. The molecule has 23 heavy (non-hydrogen) atoms. The minimum absolute atomic E-state index is 0.0472. The van der Waals surface area contributed by atoms with Crippen molar-refractivity contribution in [3.8, 4) is 0 Å². The first-order valence-electron chi connectivity index (χ1n) is 7.33. The lowest BCUT2D eigenvalue weighted by atomic mass is 10.1. The third kappa shape index (κ3) is 5.98. The van der Waals surface area contributed by atoms with Gasteiger partial charge in [0.2, 0.25) is 5.91 Å². The Morgan fingerprint density at radius 1 is 1.13 bits per heavy atom. The fourth-order valence-corrected chi connectivity index (χ4v) is 3.32. The molecule has 1 aromatic heterocycles. The van der Waals surface area contributed by atoms with E-state index in [0.29, 0.717) is 42.3 Å². The second-order valence-corrected chi connectivity index (χ2v) is 6.88. The number of Topliss-reactive ketones (excluding diaryl/α,β-unsaturated/α-hetero) is 1. The van der Waals surface area contributed by atoms with Gasteiger partial charge in [-0.15, -0.1) is 11.3 Å². The summed E-state index contributed by atoms with van der Waals surface area (Å²) in [6, 6.07) is 8.99. The summed E-state index contributed by atoms with van der Waals surface area (Å²) in [4.78, 5) is 24.3. The maximum Gasteiger partial charge on any atom is 0.220 e. The van der Waals surface area contributed by atoms with E-state index in [1.54, 1.807) is 12.1 Å². The molecule has 1 heterocycles. The summed E-state index contributed by atoms with van der Waals surface area (Å²) in [7, 11) is 0. The van der Waals surface area contributed by atoms with Gasteiger partial charge in [-0.1, -0.05) is 35.3 Å². The van der Waals surface area contributed by atoms with Gasteiger partial charge in [-0.3, -0.25) is 9.59 Å². The van der Waals surface area contributed by atoms with Crippen molar-refractivity contribution in [3.63, 3.8) is 0 Å². The quantitative estimate of drug-likeness (QED) is 0.681. The second kappa shape index (κ2) is 9.06. The fraction of sp³-hybridized carbons (Fsp3) is 0.294. The summed E-state index contributed by atoms with van der Waals surface area (Å²) in [6.07, 6.45) is 1.96. The van der Waals surface area contributed by atoms with Gasteiger partial charge in [0.25, 0.3) is 0 Å². The van der Waals surface area contributed by atoms with E-state index in [1.165, 1.54) is 11.3 Å². The van der Waals surface area contributed by atoms with Crippen molar-refractivity contribution in [2.75, 3.05) is 6.54 Å². The summed E-state index contributed by atoms with van der Waals surface area (Å²) >= 11 is 13.4. The average Bonchev–Trinajstić information content (AvgIpc) is 3.04. The number of hydrogen-bond acceptors (Lipinski definition) is 3. The van der Waals surface area contributed by atoms with Crippen LogP contribution in [0.3, 0.4) is 0 Å². The van der Waals surface area contributed by atoms with E-state index in [-0.39, 0.29) is 11.7 Å². The molecule has 0 aliphatic rings. The predicted octanol–water partition coefficient (Wildman–Crippen LogP) is 4.77. The van der Waals surface area contributed by atoms with Crippen LogP contribution in [0.2, 0.25) is 10.0 Å². The van der Waals surface area contributed by atoms with Crippen molar-refractivity contribution in [1.82, 2.24) is 5.32 Å². The van der Waals surface area contributed by atoms with Gasteiger partial charge in [0, 0.05) is 29.4 Å². The van der Waals surface area contributed by atoms with Gasteiger partial charge in [0.1, 0.15) is 0 Å². The van der Waals surface area contributed by atoms with Crippen molar-refractivity contribution >= 4 is 46.2 Å². The lowest BCUT2D eigenvalue weighted by molar-refractivity contribution is -0.121. The van der Waals surface area contributed by atoms with Gasteiger partial charge in [0.05, 0.1) is 4.88 Å². The number of thiophene rings is 1. The summed E-state index contributed by atoms with van der Waals surface area (Å²) in [6.45, 7) is 0.513. The van der Waals surface area contributed by atoms with Crippen LogP contribution in [0.25, 0.3) is 0 Å². The van der Waals surface area contributed by atoms with Gasteiger partial charge < -0.3 is 5.32 Å². The molecule has 122 valence electrons. The highest BCUT2D eigenvalue weighted by Gasteiger charge is 2.08. The highest BCUT2D eigenvalue weighted by Crippen LogP contribution is 2.21. The van der Waals surface area contributed by atoms with Crippen molar-refractivity contribution in [2.45, 2.75) is 25.7 Å². The molecule has 1 amide bonds. The number of rotatable bonds is 8. The molecule has 0 spiro atoms. The van der Waals surface area contributed by atoms with Gasteiger partial charge in [-0.25, -0.2) is 0 Å². The molecule has 0 aliphatic heterocycles. The Labute approximate surface area is 149 Å². The first kappa shape index (κ1) is 18.0. The zero-order valence-electron chi connectivity index (χ0n) is 12.5. The van der Waals surface area contributed by atoms with Crippen LogP contribution in [0.5, 0.6) is 0 Å². The highest BCUT2D eigenvalue weighted by atomic mass is 35.5. The third-order valence-corrected chi connectivity index (χ3v) is 4.83. The highest BCUT2D eigenvalue weighted by molar-refractivity contribution is 7.12. The standard InChI is InChI=1S/C17H17Cl2NO2S/c18-13-7-6-12(14(19)11-13)8-9-20-17(22)5-1-3-15(21)16-4-2-10-23-16/h2,4,6-7,10-11H,1,3,5,8-9H2,(H,20,22). The lowest BCUT2D eigenvalue weighted by Crippen LogP contribution is -2.25. The number of halogens is 2. The van der Waals surface area contributed by atoms with E-state index >= 15 is 0 Å². The Morgan fingerprint density at radius 3 is 2.65 bits per heavy atom. The fourth-order valence-electron chi connectivity index (χ4n) is 2.12. The first-order valence-corrected chi connectivity index (χ1v) is 8.97. The molecule has 0 radical (unpaired) electrons. The average molecular weight is 370 g/mol. The van der Waals surface area contributed by atoms with Crippen molar-refractivity contribution in [3.05, 3.63) is 56.2 Å². The number of carbonyl (C=O) groups excluding carboxylic acids is 2. The number of hydrogen-bond donors (Lipinski definition) is 1. The Hall–Kier alpha value is -1.36. The molecule has 6 heteroatoms. The van der Waals surface area contributed by atoms with Gasteiger partial charge in [-0.2, -0.15) is 0 Å². The molecule has 0 bridgehead atoms. The van der Waals surface area contributed by atoms with E-state index in [0.717, 1.165) is 10.4 Å². The van der Waals surface area contributed by atoms with Crippen LogP contribution in [0.4, 0.5) is 0 Å². The van der Waals surface area contributed by atoms with E-state index in [1.807, 2.05) is 23.6 Å². The Kier molecular flexibility index (Phi) is 7.09. The van der Waals surface area contributed by atoms with E-state index < -0.39 is 0 Å². The summed E-state index contributed by atoms with van der Waals surface area (Å²) in [5.41, 5.74) is 0.948. The van der Waals surface area contributed by atoms with Crippen molar-refractivity contribution in [2.24, 2.45) is 0 Å². The molecular weight excluding hydrogens is 353 g/mol. The molecule has 0 unspecified atom stereocenters. The van der Waals surface area contributed by atoms with E-state index in [9.17, 15) is 9.59 Å². The SMILES string of the molecule is O=C(CCCC(=O)c1cccs1)NCCc1ccc(Cl)cc1Cl. The number of amides is 1. The lowest BCUT2D eigenvalue weighted by Gasteiger charge is -2.07. The normalized spacial score (nSPS) is 10.5. The van der Waals surface area contributed by atoms with Gasteiger partial charge in [-0.05, 0) is 42.0 Å². The number of benzene rings is 1. The van der Waals surface area contributed by atoms with Crippen LogP contribution in [-0.4, -0.2) is 18.2 Å². The molecule has 0 fully saturated rings. The predicted molar refractivity (Wildman–Crippen MR) is 95.7 cm³/mol. The number of carbonyl (C=O) groups is 2. The minimum Gasteiger partial charge on any atom is -0.356 e. The Morgan fingerprint density at radius 2 is 1.96 bits per heavy atom. The van der Waals surface area contributed by atoms with Gasteiger partial charge >= 0.3 is 0 Å². The van der Waals surface area contributed by atoms with Crippen LogP contribution >= 0.6 is 34.5 Å². The molecular formula is C17H17Cl2NO2S. The molecule has 0 saturated carbocycles. The van der Waals surface area contributed by atoms with Crippen LogP contribution < -0.4 is 5.32 Å². The number of nitrogens with one attached hydrogen (secondary N) is 1. The molecule has 0 saturated heterocycles. The van der Waals surface area contributed by atoms with Crippen molar-refractivity contribution in [1.29, 1.82) is 0 Å². The summed E-state index contributed by atoms with van der Waals surface area (Å²) in [5, 5.41) is 5.92. The Balaban J connectivity index is 1.64. The maximum atomic E-state index is 11.8. The molecule has 1 N–H and O–H groups in total. The number of ketones is 1. The summed E-state index contributed by atoms with van der Waals surface area (Å²) < 4.78 is 0. The molecule has 3 nitrogen and oxygen atoms in total.